The third-order valence-electron chi connectivity index (χ3n) is 6.09. The van der Waals surface area contributed by atoms with Crippen molar-refractivity contribution in [1.29, 1.82) is 0 Å². The molecule has 2 aromatic heterocycles. The third-order valence-corrected chi connectivity index (χ3v) is 6.09. The molecule has 3 N–H and O–H groups in total. The van der Waals surface area contributed by atoms with Crippen LogP contribution in [0.2, 0.25) is 0 Å². The van der Waals surface area contributed by atoms with Crippen LogP contribution in [-0.2, 0) is 17.9 Å². The van der Waals surface area contributed by atoms with Crippen LogP contribution in [0.15, 0.2) is 77.6 Å². The van der Waals surface area contributed by atoms with Crippen molar-refractivity contribution in [3.8, 4) is 22.8 Å². The Morgan fingerprint density at radius 3 is 2.31 bits per heavy atom. The Morgan fingerprint density at radius 2 is 1.59 bits per heavy atom. The van der Waals surface area contributed by atoms with E-state index >= 15 is 0 Å². The quantitative estimate of drug-likeness (QED) is 0.227. The molecule has 11 heteroatoms. The van der Waals surface area contributed by atoms with Gasteiger partial charge in [0.1, 0.15) is 0 Å². The fourth-order valence-electron chi connectivity index (χ4n) is 4.27. The SMILES string of the molecule is COc1cc2nc(N)n(Cc3cccc(-c4ccc(=O)n(Cc5cccc([C-]=O)c5)n4)c3)c2cc1OC.[Li+].[OH-]. The molecule has 3 aromatic carbocycles. The summed E-state index contributed by atoms with van der Waals surface area (Å²) in [6.07, 6.45) is 1.87. The number of nitrogen functional groups attached to an aromatic ring is 1. The summed E-state index contributed by atoms with van der Waals surface area (Å²) in [5.41, 5.74) is 11.2. The first-order chi connectivity index (χ1) is 18.0. The molecule has 0 saturated heterocycles. The van der Waals surface area contributed by atoms with Crippen molar-refractivity contribution in [2.75, 3.05) is 20.0 Å². The van der Waals surface area contributed by atoms with E-state index in [4.69, 9.17) is 15.2 Å². The minimum absolute atomic E-state index is 0. The zero-order valence-electron chi connectivity index (χ0n) is 21.8. The van der Waals surface area contributed by atoms with Gasteiger partial charge in [0.2, 0.25) is 5.95 Å². The predicted octanol–water partition coefficient (Wildman–Crippen LogP) is 0.241. The fourth-order valence-corrected chi connectivity index (χ4v) is 4.27. The van der Waals surface area contributed by atoms with Gasteiger partial charge in [0.05, 0.1) is 50.3 Å². The predicted molar refractivity (Wildman–Crippen MR) is 143 cm³/mol. The molecule has 0 aliphatic heterocycles. The van der Waals surface area contributed by atoms with Crippen LogP contribution in [0.1, 0.15) is 16.7 Å². The summed E-state index contributed by atoms with van der Waals surface area (Å²) in [6, 6.07) is 21.7. The van der Waals surface area contributed by atoms with Gasteiger partial charge in [0, 0.05) is 23.8 Å². The number of hydrogen-bond donors (Lipinski definition) is 1. The van der Waals surface area contributed by atoms with Gasteiger partial charge in [-0.15, -0.1) is 6.07 Å². The van der Waals surface area contributed by atoms with Gasteiger partial charge in [-0.3, -0.25) is 4.79 Å². The van der Waals surface area contributed by atoms with E-state index in [1.165, 1.54) is 10.7 Å². The average molecular weight is 518 g/mol. The summed E-state index contributed by atoms with van der Waals surface area (Å²) in [7, 11) is 3.16. The molecule has 39 heavy (non-hydrogen) atoms. The van der Waals surface area contributed by atoms with E-state index in [-0.39, 0.29) is 36.4 Å². The van der Waals surface area contributed by atoms with Crippen LogP contribution >= 0.6 is 0 Å². The number of hydrogen-bond acceptors (Lipinski definition) is 8. The Morgan fingerprint density at radius 1 is 0.897 bits per heavy atom. The maximum Gasteiger partial charge on any atom is 1.00 e. The molecule has 0 atom stereocenters. The van der Waals surface area contributed by atoms with Gasteiger partial charge in [-0.25, -0.2) is 9.67 Å². The largest absolute Gasteiger partial charge is 1.00 e. The van der Waals surface area contributed by atoms with Crippen LogP contribution in [0.25, 0.3) is 22.3 Å². The van der Waals surface area contributed by atoms with Gasteiger partial charge < -0.3 is 30.0 Å². The summed E-state index contributed by atoms with van der Waals surface area (Å²) >= 11 is 0. The van der Waals surface area contributed by atoms with Gasteiger partial charge in [0.25, 0.3) is 5.56 Å². The maximum absolute atomic E-state index is 12.5. The van der Waals surface area contributed by atoms with Crippen molar-refractivity contribution >= 4 is 23.3 Å². The number of aromatic nitrogens is 4. The molecule has 0 fully saturated rings. The molecule has 0 saturated carbocycles. The number of anilines is 1. The van der Waals surface area contributed by atoms with E-state index in [9.17, 15) is 9.59 Å². The molecule has 5 aromatic rings. The zero-order chi connectivity index (χ0) is 25.9. The Balaban J connectivity index is 0.00000210. The van der Waals surface area contributed by atoms with Gasteiger partial charge >= 0.3 is 18.9 Å². The molecule has 194 valence electrons. The minimum atomic E-state index is -0.234. The second-order valence-corrected chi connectivity index (χ2v) is 8.47. The van der Waals surface area contributed by atoms with Crippen molar-refractivity contribution in [1.82, 2.24) is 19.3 Å². The molecule has 0 aliphatic rings. The van der Waals surface area contributed by atoms with E-state index in [1.807, 2.05) is 47.3 Å². The second-order valence-electron chi connectivity index (χ2n) is 8.47. The molecule has 0 bridgehead atoms. The van der Waals surface area contributed by atoms with E-state index in [2.05, 4.69) is 10.1 Å². The molecule has 5 rings (SSSR count). The van der Waals surface area contributed by atoms with Gasteiger partial charge in [-0.1, -0.05) is 29.8 Å². The Hall–Kier alpha value is -4.36. The fraction of sp³-hybridized carbons (Fsp3) is 0.143. The van der Waals surface area contributed by atoms with E-state index in [0.717, 1.165) is 22.2 Å². The number of methoxy groups -OCH3 is 2. The first-order valence-corrected chi connectivity index (χ1v) is 11.5. The normalized spacial score (nSPS) is 10.4. The summed E-state index contributed by atoms with van der Waals surface area (Å²) < 4.78 is 14.1. The summed E-state index contributed by atoms with van der Waals surface area (Å²) in [6.45, 7) is 0.713. The van der Waals surface area contributed by atoms with Crippen molar-refractivity contribution < 1.29 is 38.6 Å². The topological polar surface area (TPSA) is 144 Å². The summed E-state index contributed by atoms with van der Waals surface area (Å²) in [4.78, 5) is 27.9. The van der Waals surface area contributed by atoms with Gasteiger partial charge in [-0.05, 0) is 17.7 Å². The number of benzene rings is 3. The Kier molecular flexibility index (Phi) is 9.32. The minimum Gasteiger partial charge on any atom is -0.870 e. The number of rotatable bonds is 8. The number of nitrogens with two attached hydrogens (primary N) is 1. The first-order valence-electron chi connectivity index (χ1n) is 11.5. The molecule has 0 radical (unpaired) electrons. The van der Waals surface area contributed by atoms with Crippen molar-refractivity contribution in [2.24, 2.45) is 0 Å². The van der Waals surface area contributed by atoms with Crippen molar-refractivity contribution in [2.45, 2.75) is 13.1 Å². The molecule has 0 amide bonds. The standard InChI is InChI=1S/C28H24N5O4.Li.H2O/c1-36-25-13-23-24(14-26(25)37-2)32(28(29)30-23)15-19-6-4-8-21(12-19)22-9-10-27(35)33(31-22)16-18-5-3-7-20(11-18)17-34;;/h3-14H,15-16H2,1-2H3,(H2,29,30);;1H2/q-1;+1;/p-1. The van der Waals surface area contributed by atoms with Gasteiger partial charge in [-0.2, -0.15) is 22.8 Å². The third kappa shape index (κ3) is 6.04. The second kappa shape index (κ2) is 12.5. The van der Waals surface area contributed by atoms with Crippen molar-refractivity contribution in [3.05, 3.63) is 99.8 Å². The maximum atomic E-state index is 12.5. The van der Waals surface area contributed by atoms with Crippen LogP contribution in [0.4, 0.5) is 5.95 Å². The Bertz CT molecular complexity index is 1680. The summed E-state index contributed by atoms with van der Waals surface area (Å²) in [5.74, 6) is 1.55. The van der Waals surface area contributed by atoms with E-state index in [0.29, 0.717) is 40.8 Å². The smallest absolute Gasteiger partial charge is 0.870 e. The Labute approximate surface area is 236 Å². The molecule has 2 heterocycles. The van der Waals surface area contributed by atoms with E-state index < -0.39 is 0 Å². The van der Waals surface area contributed by atoms with Crippen LogP contribution in [0.5, 0.6) is 11.5 Å². The molecule has 0 aliphatic carbocycles. The van der Waals surface area contributed by atoms with Crippen LogP contribution in [-0.4, -0.2) is 45.3 Å². The van der Waals surface area contributed by atoms with Crippen LogP contribution < -0.4 is 39.6 Å². The molecule has 0 unspecified atom stereocenters. The number of ether oxygens (including phenoxy) is 2. The number of fused-ring (bicyclic) bond motifs is 1. The average Bonchev–Trinajstić information content (AvgIpc) is 3.22. The molecule has 10 nitrogen and oxygen atoms in total. The van der Waals surface area contributed by atoms with Crippen LogP contribution in [0.3, 0.4) is 0 Å². The van der Waals surface area contributed by atoms with E-state index in [1.54, 1.807) is 44.6 Å². The molecular formula is C28H25LiN5O5-. The number of nitrogens with zero attached hydrogens (tertiary/aromatic N) is 4. The van der Waals surface area contributed by atoms with Gasteiger partial charge in [0.15, 0.2) is 11.5 Å². The first kappa shape index (κ1) is 29.2. The number of carbonyl (C=O) groups excluding carboxylic acids is 1. The monoisotopic (exact) mass is 518 g/mol. The number of imidazole rings is 1. The van der Waals surface area contributed by atoms with Crippen LogP contribution in [0, 0.1) is 0 Å². The van der Waals surface area contributed by atoms with Crippen molar-refractivity contribution in [3.63, 3.8) is 0 Å². The molecule has 0 spiro atoms. The summed E-state index contributed by atoms with van der Waals surface area (Å²) in [5, 5.41) is 4.57. The zero-order valence-corrected chi connectivity index (χ0v) is 21.8. The molecular weight excluding hydrogens is 493 g/mol.